The summed E-state index contributed by atoms with van der Waals surface area (Å²) in [6, 6.07) is 21.8. The largest absolute Gasteiger partial charge is 0.374 e. The SMILES string of the molecule is C#Cc1ccccc1-c1cc(=O)n(C)c2ccc(C(O)(c3ccc(Cl)cc3)c3cncn3C)cc12. The molecular weight excluding hydrogens is 458 g/mol. The molecule has 0 fully saturated rings. The van der Waals surface area contributed by atoms with E-state index in [9.17, 15) is 9.90 Å². The Hall–Kier alpha value is -4.11. The van der Waals surface area contributed by atoms with Gasteiger partial charge in [0.2, 0.25) is 0 Å². The average molecular weight is 480 g/mol. The van der Waals surface area contributed by atoms with Crippen LogP contribution in [0.2, 0.25) is 5.02 Å². The molecule has 0 aliphatic heterocycles. The second-order valence-electron chi connectivity index (χ2n) is 8.48. The smallest absolute Gasteiger partial charge is 0.251 e. The third-order valence-corrected chi connectivity index (χ3v) is 6.74. The summed E-state index contributed by atoms with van der Waals surface area (Å²) in [5.41, 5.74) is 3.09. The molecule has 1 atom stereocenters. The summed E-state index contributed by atoms with van der Waals surface area (Å²) in [6.07, 6.45) is 9.07. The molecule has 0 spiro atoms. The summed E-state index contributed by atoms with van der Waals surface area (Å²) in [4.78, 5) is 17.1. The first-order chi connectivity index (χ1) is 16.8. The molecule has 35 heavy (non-hydrogen) atoms. The highest BCUT2D eigenvalue weighted by Gasteiger charge is 2.37. The lowest BCUT2D eigenvalue weighted by Crippen LogP contribution is -2.31. The van der Waals surface area contributed by atoms with Gasteiger partial charge in [-0.3, -0.25) is 4.79 Å². The van der Waals surface area contributed by atoms with Gasteiger partial charge in [0.15, 0.2) is 5.60 Å². The molecule has 0 saturated heterocycles. The predicted octanol–water partition coefficient (Wildman–Crippen LogP) is 4.86. The Morgan fingerprint density at radius 1 is 0.971 bits per heavy atom. The summed E-state index contributed by atoms with van der Waals surface area (Å²) in [6.45, 7) is 0. The highest BCUT2D eigenvalue weighted by Crippen LogP contribution is 2.39. The number of aryl methyl sites for hydroxylation is 2. The van der Waals surface area contributed by atoms with Gasteiger partial charge in [0.25, 0.3) is 5.56 Å². The monoisotopic (exact) mass is 479 g/mol. The number of aromatic nitrogens is 3. The summed E-state index contributed by atoms with van der Waals surface area (Å²) >= 11 is 6.14. The van der Waals surface area contributed by atoms with E-state index in [4.69, 9.17) is 18.0 Å². The van der Waals surface area contributed by atoms with Gasteiger partial charge in [0.05, 0.1) is 23.7 Å². The van der Waals surface area contributed by atoms with Crippen LogP contribution in [0.4, 0.5) is 0 Å². The van der Waals surface area contributed by atoms with E-state index in [1.54, 1.807) is 59.0 Å². The van der Waals surface area contributed by atoms with Crippen LogP contribution in [-0.2, 0) is 19.7 Å². The van der Waals surface area contributed by atoms with Crippen LogP contribution < -0.4 is 5.56 Å². The molecule has 0 saturated carbocycles. The predicted molar refractivity (Wildman–Crippen MR) is 139 cm³/mol. The number of fused-ring (bicyclic) bond motifs is 1. The van der Waals surface area contributed by atoms with Crippen molar-refractivity contribution in [1.82, 2.24) is 14.1 Å². The molecule has 0 aliphatic rings. The van der Waals surface area contributed by atoms with E-state index in [1.165, 1.54) is 0 Å². The standard InChI is InChI=1S/C29H22ClN3O2/c1-4-19-7-5-6-8-23(19)24-16-28(34)33(3)26-14-11-21(15-25(24)26)29(35,27-17-31-18-32(27)2)20-9-12-22(30)13-10-20/h1,5-18,35H,2-3H3. The Labute approximate surface area is 207 Å². The van der Waals surface area contributed by atoms with Crippen LogP contribution in [-0.4, -0.2) is 19.2 Å². The minimum Gasteiger partial charge on any atom is -0.374 e. The Bertz CT molecular complexity index is 1680. The highest BCUT2D eigenvalue weighted by molar-refractivity contribution is 6.30. The molecule has 1 unspecified atom stereocenters. The van der Waals surface area contributed by atoms with Gasteiger partial charge in [-0.05, 0) is 52.6 Å². The Morgan fingerprint density at radius 3 is 2.37 bits per heavy atom. The molecule has 5 aromatic rings. The maximum Gasteiger partial charge on any atom is 0.251 e. The van der Waals surface area contributed by atoms with Crippen LogP contribution in [0.15, 0.2) is 90.1 Å². The van der Waals surface area contributed by atoms with E-state index in [0.717, 1.165) is 16.5 Å². The van der Waals surface area contributed by atoms with Gasteiger partial charge < -0.3 is 14.2 Å². The quantitative estimate of drug-likeness (QED) is 0.374. The fourth-order valence-corrected chi connectivity index (χ4v) is 4.74. The maximum atomic E-state index is 12.8. The summed E-state index contributed by atoms with van der Waals surface area (Å²) in [5.74, 6) is 2.72. The number of pyridine rings is 1. The van der Waals surface area contributed by atoms with Crippen LogP contribution in [0.25, 0.3) is 22.0 Å². The minimum absolute atomic E-state index is 0.147. The van der Waals surface area contributed by atoms with E-state index in [2.05, 4.69) is 10.9 Å². The third-order valence-electron chi connectivity index (χ3n) is 6.49. The number of rotatable bonds is 4. The first-order valence-electron chi connectivity index (χ1n) is 11.0. The number of aliphatic hydroxyl groups is 1. The molecule has 0 bridgehead atoms. The molecule has 2 heterocycles. The Morgan fingerprint density at radius 2 is 1.69 bits per heavy atom. The van der Waals surface area contributed by atoms with E-state index in [1.807, 2.05) is 49.5 Å². The second-order valence-corrected chi connectivity index (χ2v) is 8.92. The van der Waals surface area contributed by atoms with Crippen molar-refractivity contribution >= 4 is 22.5 Å². The van der Waals surface area contributed by atoms with Crippen LogP contribution in [0, 0.1) is 12.3 Å². The van der Waals surface area contributed by atoms with Crippen molar-refractivity contribution in [2.24, 2.45) is 14.1 Å². The minimum atomic E-state index is -1.53. The molecule has 0 amide bonds. The number of benzene rings is 3. The van der Waals surface area contributed by atoms with Crippen molar-refractivity contribution in [3.05, 3.63) is 123 Å². The van der Waals surface area contributed by atoms with Crippen molar-refractivity contribution < 1.29 is 5.11 Å². The fraction of sp³-hybridized carbons (Fsp3) is 0.103. The first-order valence-corrected chi connectivity index (χ1v) is 11.4. The molecule has 2 aromatic heterocycles. The van der Waals surface area contributed by atoms with Gasteiger partial charge in [0.1, 0.15) is 0 Å². The van der Waals surface area contributed by atoms with Crippen molar-refractivity contribution in [2.75, 3.05) is 0 Å². The molecule has 6 heteroatoms. The second kappa shape index (κ2) is 8.59. The van der Waals surface area contributed by atoms with Crippen LogP contribution in [0.5, 0.6) is 0 Å². The van der Waals surface area contributed by atoms with E-state index < -0.39 is 5.60 Å². The topological polar surface area (TPSA) is 60.1 Å². The fourth-order valence-electron chi connectivity index (χ4n) is 4.61. The van der Waals surface area contributed by atoms with Crippen LogP contribution in [0.1, 0.15) is 22.4 Å². The van der Waals surface area contributed by atoms with Gasteiger partial charge in [-0.15, -0.1) is 6.42 Å². The lowest BCUT2D eigenvalue weighted by molar-refractivity contribution is 0.117. The van der Waals surface area contributed by atoms with Gasteiger partial charge in [-0.1, -0.05) is 53.9 Å². The number of hydrogen-bond donors (Lipinski definition) is 1. The molecule has 0 aliphatic carbocycles. The highest BCUT2D eigenvalue weighted by atomic mass is 35.5. The number of hydrogen-bond acceptors (Lipinski definition) is 3. The van der Waals surface area contributed by atoms with Crippen LogP contribution in [0.3, 0.4) is 0 Å². The molecule has 0 radical (unpaired) electrons. The molecule has 172 valence electrons. The lowest BCUT2D eigenvalue weighted by atomic mass is 9.82. The zero-order valence-corrected chi connectivity index (χ0v) is 20.0. The summed E-state index contributed by atoms with van der Waals surface area (Å²) < 4.78 is 3.38. The molecule has 5 rings (SSSR count). The van der Waals surface area contributed by atoms with Crippen molar-refractivity contribution in [1.29, 1.82) is 0 Å². The number of imidazole rings is 1. The zero-order valence-electron chi connectivity index (χ0n) is 19.2. The van der Waals surface area contributed by atoms with Gasteiger partial charge in [-0.25, -0.2) is 4.98 Å². The van der Waals surface area contributed by atoms with Gasteiger partial charge >= 0.3 is 0 Å². The molecule has 1 N–H and O–H groups in total. The van der Waals surface area contributed by atoms with Crippen LogP contribution >= 0.6 is 11.6 Å². The van der Waals surface area contributed by atoms with Crippen molar-refractivity contribution in [2.45, 2.75) is 5.60 Å². The first kappa shape index (κ1) is 22.7. The van der Waals surface area contributed by atoms with Crippen molar-refractivity contribution in [3.8, 4) is 23.5 Å². The lowest BCUT2D eigenvalue weighted by Gasteiger charge is -2.30. The third kappa shape index (κ3) is 3.64. The Kier molecular flexibility index (Phi) is 5.56. The molecule has 3 aromatic carbocycles. The summed E-state index contributed by atoms with van der Waals surface area (Å²) in [5, 5.41) is 13.7. The number of terminal acetylenes is 1. The van der Waals surface area contributed by atoms with Gasteiger partial charge in [-0.2, -0.15) is 0 Å². The average Bonchev–Trinajstić information content (AvgIpc) is 3.32. The molecule has 5 nitrogen and oxygen atoms in total. The van der Waals surface area contributed by atoms with Crippen molar-refractivity contribution in [3.63, 3.8) is 0 Å². The van der Waals surface area contributed by atoms with E-state index in [0.29, 0.717) is 33.0 Å². The Balaban J connectivity index is 1.86. The van der Waals surface area contributed by atoms with Gasteiger partial charge in [0, 0.05) is 36.1 Å². The zero-order chi connectivity index (χ0) is 24.7. The van der Waals surface area contributed by atoms with E-state index in [-0.39, 0.29) is 5.56 Å². The number of nitrogens with zero attached hydrogens (tertiary/aromatic N) is 3. The number of halogens is 1. The van der Waals surface area contributed by atoms with E-state index >= 15 is 0 Å². The summed E-state index contributed by atoms with van der Waals surface area (Å²) in [7, 11) is 3.57. The molecular formula is C29H22ClN3O2. The maximum absolute atomic E-state index is 12.8. The normalized spacial score (nSPS) is 12.9.